The summed E-state index contributed by atoms with van der Waals surface area (Å²) >= 11 is 0. The molecule has 2 N–H and O–H groups in total. The van der Waals surface area contributed by atoms with Gasteiger partial charge in [-0.15, -0.1) is 0 Å². The van der Waals surface area contributed by atoms with Gasteiger partial charge in [-0.3, -0.25) is 4.79 Å². The van der Waals surface area contributed by atoms with Crippen molar-refractivity contribution in [2.75, 3.05) is 5.32 Å². The molecule has 9 heteroatoms. The molecule has 0 bridgehead atoms. The van der Waals surface area contributed by atoms with E-state index in [9.17, 15) is 27.5 Å². The molecule has 0 radical (unpaired) electrons. The van der Waals surface area contributed by atoms with Crippen LogP contribution in [-0.4, -0.2) is 21.2 Å². The topological polar surface area (TPSA) is 78.1 Å². The zero-order chi connectivity index (χ0) is 21.4. The number of carbonyl (C=O) groups excluding carboxylic acids is 1. The Kier molecular flexibility index (Phi) is 5.07. The molecule has 3 aromatic rings. The second-order valence-electron chi connectivity index (χ2n) is 6.74. The summed E-state index contributed by atoms with van der Waals surface area (Å²) < 4.78 is 54.1. The summed E-state index contributed by atoms with van der Waals surface area (Å²) in [6.45, 7) is 1.00. The van der Waals surface area contributed by atoms with Gasteiger partial charge < -0.3 is 15.0 Å². The van der Waals surface area contributed by atoms with Crippen LogP contribution < -0.4 is 5.32 Å². The van der Waals surface area contributed by atoms with Gasteiger partial charge in [0, 0.05) is 22.8 Å². The van der Waals surface area contributed by atoms with Gasteiger partial charge in [0.2, 0.25) is 0 Å². The van der Waals surface area contributed by atoms with E-state index in [1.165, 1.54) is 35.8 Å². The van der Waals surface area contributed by atoms with Crippen LogP contribution in [0.4, 0.5) is 23.2 Å². The van der Waals surface area contributed by atoms with Gasteiger partial charge in [0.05, 0.1) is 23.7 Å². The molecule has 29 heavy (non-hydrogen) atoms. The smallest absolute Gasteiger partial charge is 0.378 e. The maximum atomic E-state index is 13.3. The van der Waals surface area contributed by atoms with Crippen molar-refractivity contribution in [1.29, 1.82) is 5.26 Å². The molecule has 0 saturated heterocycles. The third-order valence-electron chi connectivity index (χ3n) is 4.40. The van der Waals surface area contributed by atoms with Gasteiger partial charge in [0.15, 0.2) is 5.60 Å². The number of benzene rings is 2. The summed E-state index contributed by atoms with van der Waals surface area (Å²) in [5, 5.41) is 22.2. The molecule has 0 fully saturated rings. The largest absolute Gasteiger partial charge is 0.417 e. The minimum Gasteiger partial charge on any atom is -0.378 e. The first-order valence-corrected chi connectivity index (χ1v) is 8.41. The predicted octanol–water partition coefficient (Wildman–Crippen LogP) is 4.06. The van der Waals surface area contributed by atoms with Gasteiger partial charge in [0.1, 0.15) is 5.82 Å². The highest BCUT2D eigenvalue weighted by Gasteiger charge is 2.35. The number of nitrogens with one attached hydrogen (secondary N) is 1. The summed E-state index contributed by atoms with van der Waals surface area (Å²) in [6.07, 6.45) is -3.21. The predicted molar refractivity (Wildman–Crippen MR) is 97.3 cm³/mol. The average Bonchev–Trinajstić information content (AvgIpc) is 3.02. The van der Waals surface area contributed by atoms with Gasteiger partial charge in [-0.2, -0.15) is 18.4 Å². The van der Waals surface area contributed by atoms with E-state index in [2.05, 4.69) is 5.32 Å². The first-order valence-electron chi connectivity index (χ1n) is 8.41. The number of halogens is 4. The molecule has 1 amide bonds. The molecule has 0 unspecified atom stereocenters. The Morgan fingerprint density at radius 3 is 2.59 bits per heavy atom. The molecule has 1 aromatic heterocycles. The molecule has 0 saturated carbocycles. The highest BCUT2D eigenvalue weighted by molar-refractivity contribution is 5.97. The van der Waals surface area contributed by atoms with Crippen molar-refractivity contribution >= 4 is 22.5 Å². The Balaban J connectivity index is 1.83. The van der Waals surface area contributed by atoms with E-state index in [-0.39, 0.29) is 12.2 Å². The molecule has 0 aliphatic carbocycles. The van der Waals surface area contributed by atoms with E-state index in [1.807, 2.05) is 0 Å². The lowest BCUT2D eigenvalue weighted by atomic mass is 10.0. The van der Waals surface area contributed by atoms with Crippen LogP contribution in [0.5, 0.6) is 0 Å². The Morgan fingerprint density at radius 2 is 1.93 bits per heavy atom. The number of hydrogen-bond donors (Lipinski definition) is 2. The average molecular weight is 405 g/mol. The fourth-order valence-electron chi connectivity index (χ4n) is 2.93. The van der Waals surface area contributed by atoms with Crippen LogP contribution in [0.3, 0.4) is 0 Å². The molecule has 0 aliphatic rings. The molecule has 3 rings (SSSR count). The minimum absolute atomic E-state index is 0.207. The number of nitrogens with zero attached hydrogens (tertiary/aromatic N) is 2. The maximum absolute atomic E-state index is 13.3. The number of rotatable bonds is 4. The van der Waals surface area contributed by atoms with E-state index in [0.717, 1.165) is 12.1 Å². The van der Waals surface area contributed by atoms with Gasteiger partial charge in [-0.25, -0.2) is 4.39 Å². The van der Waals surface area contributed by atoms with Crippen molar-refractivity contribution in [3.8, 4) is 6.07 Å². The highest BCUT2D eigenvalue weighted by Crippen LogP contribution is 2.33. The molecule has 1 atom stereocenters. The lowest BCUT2D eigenvalue weighted by Gasteiger charge is -2.24. The van der Waals surface area contributed by atoms with Crippen LogP contribution in [0.25, 0.3) is 10.9 Å². The van der Waals surface area contributed by atoms with Crippen molar-refractivity contribution in [3.63, 3.8) is 0 Å². The number of fused-ring (bicyclic) bond motifs is 1. The summed E-state index contributed by atoms with van der Waals surface area (Å²) in [5.74, 6) is -1.36. The fourth-order valence-corrected chi connectivity index (χ4v) is 2.93. The van der Waals surface area contributed by atoms with Crippen molar-refractivity contribution in [2.24, 2.45) is 0 Å². The van der Waals surface area contributed by atoms with E-state index < -0.39 is 34.6 Å². The van der Waals surface area contributed by atoms with Crippen LogP contribution >= 0.6 is 0 Å². The summed E-state index contributed by atoms with van der Waals surface area (Å²) in [4.78, 5) is 12.5. The van der Waals surface area contributed by atoms with E-state index in [0.29, 0.717) is 17.0 Å². The van der Waals surface area contributed by atoms with E-state index in [4.69, 9.17) is 5.26 Å². The van der Waals surface area contributed by atoms with Gasteiger partial charge >= 0.3 is 6.18 Å². The normalized spacial score (nSPS) is 13.7. The minimum atomic E-state index is -4.77. The zero-order valence-corrected chi connectivity index (χ0v) is 15.1. The van der Waals surface area contributed by atoms with Gasteiger partial charge in [-0.1, -0.05) is 0 Å². The Hall–Kier alpha value is -3.38. The number of carbonyl (C=O) groups is 1. The molecular formula is C20H15F4N3O2. The number of amides is 1. The zero-order valence-electron chi connectivity index (χ0n) is 15.1. The lowest BCUT2D eigenvalue weighted by molar-refractivity contribution is -0.138. The van der Waals surface area contributed by atoms with E-state index in [1.54, 1.807) is 12.3 Å². The molecule has 150 valence electrons. The number of aromatic nitrogens is 1. The number of hydrogen-bond acceptors (Lipinski definition) is 3. The van der Waals surface area contributed by atoms with Crippen molar-refractivity contribution in [3.05, 3.63) is 65.6 Å². The van der Waals surface area contributed by atoms with Crippen molar-refractivity contribution < 1.29 is 27.5 Å². The van der Waals surface area contributed by atoms with Crippen LogP contribution in [0.1, 0.15) is 18.1 Å². The number of anilines is 1. The first-order chi connectivity index (χ1) is 13.5. The summed E-state index contributed by atoms with van der Waals surface area (Å²) in [6, 6.07) is 9.83. The van der Waals surface area contributed by atoms with Crippen LogP contribution in [0.2, 0.25) is 0 Å². The number of alkyl halides is 3. The first kappa shape index (κ1) is 20.4. The summed E-state index contributed by atoms with van der Waals surface area (Å²) in [7, 11) is 0. The van der Waals surface area contributed by atoms with Gasteiger partial charge in [0.25, 0.3) is 5.91 Å². The van der Waals surface area contributed by atoms with Crippen molar-refractivity contribution in [1.82, 2.24) is 4.57 Å². The molecule has 1 heterocycles. The molecular weight excluding hydrogens is 390 g/mol. The third kappa shape index (κ3) is 4.22. The second kappa shape index (κ2) is 7.22. The Morgan fingerprint density at radius 1 is 1.21 bits per heavy atom. The number of nitriles is 1. The molecule has 2 aromatic carbocycles. The lowest BCUT2D eigenvalue weighted by Crippen LogP contribution is -2.43. The fraction of sp³-hybridized carbons (Fsp3) is 0.200. The highest BCUT2D eigenvalue weighted by atomic mass is 19.4. The van der Waals surface area contributed by atoms with E-state index >= 15 is 0 Å². The standard InChI is InChI=1S/C20H15F4N3O2/c1-19(29,11-27-7-6-12-8-14(21)3-5-17(12)27)18(28)26-15-4-2-13(10-25)16(9-15)20(22,23)24/h2-9,29H,11H2,1H3,(H,26,28)/t19-/m1/s1. The monoisotopic (exact) mass is 405 g/mol. The number of aliphatic hydroxyl groups is 1. The molecule has 0 aliphatic heterocycles. The second-order valence-corrected chi connectivity index (χ2v) is 6.74. The molecule has 5 nitrogen and oxygen atoms in total. The van der Waals surface area contributed by atoms with Crippen LogP contribution in [0, 0.1) is 17.1 Å². The summed E-state index contributed by atoms with van der Waals surface area (Å²) in [5.41, 5.74) is -3.37. The van der Waals surface area contributed by atoms with Crippen LogP contribution in [-0.2, 0) is 17.5 Å². The SMILES string of the molecule is C[C@@](O)(Cn1ccc2cc(F)ccc21)C(=O)Nc1ccc(C#N)c(C(F)(F)F)c1. The third-order valence-corrected chi connectivity index (χ3v) is 4.40. The molecule has 0 spiro atoms. The van der Waals surface area contributed by atoms with Crippen molar-refractivity contribution in [2.45, 2.75) is 25.2 Å². The Labute approximate surface area is 162 Å². The quantitative estimate of drug-likeness (QED) is 0.643. The Bertz CT molecular complexity index is 1130. The van der Waals surface area contributed by atoms with Crippen LogP contribution in [0.15, 0.2) is 48.7 Å². The van der Waals surface area contributed by atoms with Gasteiger partial charge in [-0.05, 0) is 49.4 Å². The maximum Gasteiger partial charge on any atom is 0.417 e.